The minimum absolute atomic E-state index is 0.0343. The molecule has 114 valence electrons. The van der Waals surface area contributed by atoms with Gasteiger partial charge in [0, 0.05) is 5.56 Å². The Morgan fingerprint density at radius 3 is 2.41 bits per heavy atom. The van der Waals surface area contributed by atoms with E-state index in [1.54, 1.807) is 42.5 Å². The summed E-state index contributed by atoms with van der Waals surface area (Å²) in [5.74, 6) is -0.480. The van der Waals surface area contributed by atoms with E-state index in [9.17, 15) is 18.0 Å². The van der Waals surface area contributed by atoms with E-state index in [0.717, 1.165) is 0 Å². The minimum atomic E-state index is -2.44. The second-order valence-electron chi connectivity index (χ2n) is 4.28. The highest BCUT2D eigenvalue weighted by Gasteiger charge is 2.17. The van der Waals surface area contributed by atoms with Crippen molar-refractivity contribution in [3.63, 3.8) is 0 Å². The molecular formula is C14H13N3O4S. The summed E-state index contributed by atoms with van der Waals surface area (Å²) in [6, 6.07) is 6.83. The Kier molecular flexibility index (Phi) is 5.10. The average Bonchev–Trinajstić information content (AvgIpc) is 2.53. The van der Waals surface area contributed by atoms with Crippen molar-refractivity contribution in [1.29, 1.82) is 0 Å². The predicted octanol–water partition coefficient (Wildman–Crippen LogP) is 0.177. The number of benzene rings is 1. The standard InChI is InChI=1S/C14H13N3O4S/c18-13(10-6-2-1-3-7-10)16-17-14(19)15-11-8-4-5-9-12(11)22(20)21/h1-9,11H,(H,16,18)(H2,15,17,19). The van der Waals surface area contributed by atoms with Crippen LogP contribution in [-0.4, -0.2) is 31.3 Å². The smallest absolute Gasteiger partial charge is 0.325 e. The van der Waals surface area contributed by atoms with Crippen molar-refractivity contribution in [2.75, 3.05) is 0 Å². The fourth-order valence-electron chi connectivity index (χ4n) is 1.76. The summed E-state index contributed by atoms with van der Waals surface area (Å²) in [7, 11) is -2.44. The lowest BCUT2D eigenvalue weighted by atomic mass is 10.1. The SMILES string of the molecule is O=C(NNC(=O)c1ccccc1)NC1C=CC=CC1=S(=O)=O. The molecule has 1 aliphatic carbocycles. The lowest BCUT2D eigenvalue weighted by molar-refractivity contribution is 0.0936. The number of carbonyl (C=O) groups excluding carboxylic acids is 2. The Morgan fingerprint density at radius 2 is 1.73 bits per heavy atom. The maximum Gasteiger partial charge on any atom is 0.334 e. The molecule has 22 heavy (non-hydrogen) atoms. The first-order valence-electron chi connectivity index (χ1n) is 6.31. The molecule has 2 rings (SSSR count). The third kappa shape index (κ3) is 4.06. The van der Waals surface area contributed by atoms with Gasteiger partial charge in [-0.25, -0.2) is 10.2 Å². The van der Waals surface area contributed by atoms with E-state index in [1.807, 2.05) is 0 Å². The quantitative estimate of drug-likeness (QED) is 0.534. The zero-order valence-corrected chi connectivity index (χ0v) is 12.1. The van der Waals surface area contributed by atoms with Gasteiger partial charge in [-0.05, 0) is 18.2 Å². The van der Waals surface area contributed by atoms with Crippen molar-refractivity contribution in [1.82, 2.24) is 16.2 Å². The summed E-state index contributed by atoms with van der Waals surface area (Å²) in [6.45, 7) is 0. The Bertz CT molecular complexity index is 759. The molecule has 1 atom stereocenters. The van der Waals surface area contributed by atoms with Gasteiger partial charge in [0.2, 0.25) is 10.3 Å². The van der Waals surface area contributed by atoms with E-state index in [2.05, 4.69) is 16.2 Å². The summed E-state index contributed by atoms with van der Waals surface area (Å²) in [4.78, 5) is 23.5. The van der Waals surface area contributed by atoms with E-state index in [-0.39, 0.29) is 4.86 Å². The van der Waals surface area contributed by atoms with Crippen LogP contribution in [-0.2, 0) is 10.3 Å². The van der Waals surface area contributed by atoms with Gasteiger partial charge in [-0.2, -0.15) is 8.42 Å². The van der Waals surface area contributed by atoms with Crippen molar-refractivity contribution >= 4 is 27.1 Å². The normalized spacial score (nSPS) is 16.0. The fraction of sp³-hybridized carbons (Fsp3) is 0.0714. The van der Waals surface area contributed by atoms with E-state index >= 15 is 0 Å². The summed E-state index contributed by atoms with van der Waals surface area (Å²) >= 11 is 0. The van der Waals surface area contributed by atoms with Gasteiger partial charge in [0.1, 0.15) is 0 Å². The van der Waals surface area contributed by atoms with Gasteiger partial charge in [0.05, 0.1) is 10.9 Å². The number of rotatable bonds is 2. The molecule has 0 heterocycles. The Hall–Kier alpha value is -2.87. The van der Waals surface area contributed by atoms with Crippen LogP contribution in [0.5, 0.6) is 0 Å². The molecule has 1 unspecified atom stereocenters. The summed E-state index contributed by atoms with van der Waals surface area (Å²) in [6.07, 6.45) is 6.07. The van der Waals surface area contributed by atoms with Gasteiger partial charge in [0.25, 0.3) is 5.91 Å². The van der Waals surface area contributed by atoms with Crippen LogP contribution < -0.4 is 16.2 Å². The molecule has 3 N–H and O–H groups in total. The molecule has 0 spiro atoms. The van der Waals surface area contributed by atoms with Crippen LogP contribution in [0.25, 0.3) is 0 Å². The van der Waals surface area contributed by atoms with Gasteiger partial charge >= 0.3 is 6.03 Å². The van der Waals surface area contributed by atoms with Crippen LogP contribution in [0.1, 0.15) is 10.4 Å². The largest absolute Gasteiger partial charge is 0.334 e. The monoisotopic (exact) mass is 319 g/mol. The Morgan fingerprint density at radius 1 is 1.00 bits per heavy atom. The average molecular weight is 319 g/mol. The van der Waals surface area contributed by atoms with Gasteiger partial charge < -0.3 is 5.32 Å². The number of amides is 3. The third-order valence-corrected chi connectivity index (χ3v) is 3.56. The van der Waals surface area contributed by atoms with Gasteiger partial charge in [-0.1, -0.05) is 36.4 Å². The van der Waals surface area contributed by atoms with Gasteiger partial charge in [0.15, 0.2) is 0 Å². The second-order valence-corrected chi connectivity index (χ2v) is 5.22. The molecule has 0 fully saturated rings. The van der Waals surface area contributed by atoms with Crippen molar-refractivity contribution in [3.05, 3.63) is 60.2 Å². The van der Waals surface area contributed by atoms with Crippen LogP contribution in [0, 0.1) is 0 Å². The topological polar surface area (TPSA) is 104 Å². The predicted molar refractivity (Wildman–Crippen MR) is 81.6 cm³/mol. The molecule has 1 aromatic carbocycles. The lowest BCUT2D eigenvalue weighted by Crippen LogP contribution is -2.51. The molecule has 8 heteroatoms. The molecule has 0 bridgehead atoms. The highest BCUT2D eigenvalue weighted by Crippen LogP contribution is 2.00. The zero-order chi connectivity index (χ0) is 15.9. The molecule has 0 saturated carbocycles. The highest BCUT2D eigenvalue weighted by molar-refractivity contribution is 7.73. The highest BCUT2D eigenvalue weighted by atomic mass is 32.2. The third-order valence-electron chi connectivity index (χ3n) is 2.79. The molecule has 0 radical (unpaired) electrons. The van der Waals surface area contributed by atoms with Crippen LogP contribution in [0.3, 0.4) is 0 Å². The Labute approximate surface area is 128 Å². The van der Waals surface area contributed by atoms with Gasteiger partial charge in [-0.3, -0.25) is 10.2 Å². The maximum absolute atomic E-state index is 11.7. The molecule has 0 aromatic heterocycles. The zero-order valence-electron chi connectivity index (χ0n) is 11.3. The number of hydrazine groups is 1. The van der Waals surface area contributed by atoms with Crippen molar-refractivity contribution in [3.8, 4) is 0 Å². The van der Waals surface area contributed by atoms with Crippen LogP contribution >= 0.6 is 0 Å². The number of hydrogen-bond donors (Lipinski definition) is 3. The summed E-state index contributed by atoms with van der Waals surface area (Å²) in [5, 5.41) is 2.42. The molecule has 0 aliphatic heterocycles. The summed E-state index contributed by atoms with van der Waals surface area (Å²) < 4.78 is 22.1. The van der Waals surface area contributed by atoms with Crippen LogP contribution in [0.2, 0.25) is 0 Å². The van der Waals surface area contributed by atoms with E-state index in [1.165, 1.54) is 12.2 Å². The molecular weight excluding hydrogens is 306 g/mol. The van der Waals surface area contributed by atoms with Crippen molar-refractivity contribution in [2.24, 2.45) is 0 Å². The molecule has 1 aliphatic rings. The number of carbonyl (C=O) groups is 2. The number of urea groups is 1. The number of hydrogen-bond acceptors (Lipinski definition) is 4. The van der Waals surface area contributed by atoms with E-state index < -0.39 is 28.3 Å². The molecule has 0 saturated heterocycles. The number of allylic oxidation sites excluding steroid dienone is 2. The molecule has 7 nitrogen and oxygen atoms in total. The van der Waals surface area contributed by atoms with Crippen LogP contribution in [0.15, 0.2) is 54.6 Å². The second kappa shape index (κ2) is 7.23. The minimum Gasteiger partial charge on any atom is -0.325 e. The first-order valence-corrected chi connectivity index (χ1v) is 7.38. The summed E-state index contributed by atoms with van der Waals surface area (Å²) in [5.41, 5.74) is 4.78. The maximum atomic E-state index is 11.7. The first-order chi connectivity index (χ1) is 10.6. The fourth-order valence-corrected chi connectivity index (χ4v) is 2.29. The first kappa shape index (κ1) is 15.5. The van der Waals surface area contributed by atoms with E-state index in [4.69, 9.17) is 0 Å². The number of nitrogens with one attached hydrogen (secondary N) is 3. The van der Waals surface area contributed by atoms with E-state index in [0.29, 0.717) is 5.56 Å². The van der Waals surface area contributed by atoms with Crippen LogP contribution in [0.4, 0.5) is 4.79 Å². The molecule has 3 amide bonds. The van der Waals surface area contributed by atoms with Gasteiger partial charge in [-0.15, -0.1) is 0 Å². The lowest BCUT2D eigenvalue weighted by Gasteiger charge is -2.16. The van der Waals surface area contributed by atoms with Crippen molar-refractivity contribution in [2.45, 2.75) is 6.04 Å². The Balaban J connectivity index is 1.91. The molecule has 1 aromatic rings. The van der Waals surface area contributed by atoms with Crippen molar-refractivity contribution < 1.29 is 18.0 Å².